The molecule has 2 aliphatic rings. The van der Waals surface area contributed by atoms with Crippen molar-refractivity contribution >= 4 is 5.82 Å². The molecule has 1 aromatic heterocycles. The van der Waals surface area contributed by atoms with Crippen LogP contribution in [0.5, 0.6) is 0 Å². The minimum atomic E-state index is -0.249. The van der Waals surface area contributed by atoms with Crippen molar-refractivity contribution in [1.29, 1.82) is 0 Å². The molecule has 0 aliphatic carbocycles. The van der Waals surface area contributed by atoms with Crippen molar-refractivity contribution in [2.24, 2.45) is 0 Å². The summed E-state index contributed by atoms with van der Waals surface area (Å²) in [5.41, 5.74) is 1.62. The van der Waals surface area contributed by atoms with Gasteiger partial charge in [-0.05, 0) is 68.6 Å². The molecule has 2 aromatic rings. The molecule has 138 valence electrons. The van der Waals surface area contributed by atoms with Crippen molar-refractivity contribution in [3.63, 3.8) is 0 Å². The standard InChI is InChI=1S/C20H25FN4O/c21-16-7-5-15(6-8-16)19-9-10-20(23-22-19)25-12-2-3-17(25)13-24-11-1-4-18(24)14-26/h5-10,17-18,26H,1-4,11-14H2. The number of likely N-dealkylation sites (tertiary alicyclic amines) is 1. The molecule has 2 saturated heterocycles. The molecule has 2 atom stereocenters. The summed E-state index contributed by atoms with van der Waals surface area (Å²) in [6.45, 7) is 3.29. The van der Waals surface area contributed by atoms with Crippen molar-refractivity contribution in [3.8, 4) is 11.3 Å². The molecule has 2 fully saturated rings. The molecule has 0 radical (unpaired) electrons. The van der Waals surface area contributed by atoms with E-state index in [4.69, 9.17) is 0 Å². The van der Waals surface area contributed by atoms with Crippen LogP contribution >= 0.6 is 0 Å². The summed E-state index contributed by atoms with van der Waals surface area (Å²) >= 11 is 0. The molecule has 5 nitrogen and oxygen atoms in total. The molecule has 0 spiro atoms. The van der Waals surface area contributed by atoms with Crippen LogP contribution in [-0.4, -0.2) is 58.5 Å². The first kappa shape index (κ1) is 17.4. The Kier molecular flexibility index (Phi) is 5.13. The third-order valence-corrected chi connectivity index (χ3v) is 5.62. The first-order valence-electron chi connectivity index (χ1n) is 9.46. The zero-order valence-electron chi connectivity index (χ0n) is 14.9. The van der Waals surface area contributed by atoms with E-state index in [1.807, 2.05) is 12.1 Å². The normalized spacial score (nSPS) is 23.7. The third kappa shape index (κ3) is 3.57. The first-order valence-corrected chi connectivity index (χ1v) is 9.46. The highest BCUT2D eigenvalue weighted by Crippen LogP contribution is 2.27. The Labute approximate surface area is 153 Å². The number of halogens is 1. The van der Waals surface area contributed by atoms with Crippen LogP contribution in [-0.2, 0) is 0 Å². The van der Waals surface area contributed by atoms with Crippen LogP contribution in [0.15, 0.2) is 36.4 Å². The number of aromatic nitrogens is 2. The summed E-state index contributed by atoms with van der Waals surface area (Å²) in [7, 11) is 0. The van der Waals surface area contributed by atoms with Crippen LogP contribution in [0.1, 0.15) is 25.7 Å². The molecule has 6 heteroatoms. The molecule has 0 saturated carbocycles. The predicted molar refractivity (Wildman–Crippen MR) is 99.5 cm³/mol. The number of aliphatic hydroxyl groups excluding tert-OH is 1. The number of benzene rings is 1. The molecule has 3 heterocycles. The molecular formula is C20H25FN4O. The zero-order chi connectivity index (χ0) is 17.9. The van der Waals surface area contributed by atoms with E-state index in [2.05, 4.69) is 20.0 Å². The van der Waals surface area contributed by atoms with E-state index in [1.165, 1.54) is 18.6 Å². The lowest BCUT2D eigenvalue weighted by molar-refractivity contribution is 0.153. The number of anilines is 1. The highest BCUT2D eigenvalue weighted by molar-refractivity contribution is 5.59. The summed E-state index contributed by atoms with van der Waals surface area (Å²) in [6, 6.07) is 11.0. The fourth-order valence-electron chi connectivity index (χ4n) is 4.19. The summed E-state index contributed by atoms with van der Waals surface area (Å²) in [5, 5.41) is 18.3. The summed E-state index contributed by atoms with van der Waals surface area (Å²) in [6.07, 6.45) is 4.57. The smallest absolute Gasteiger partial charge is 0.151 e. The topological polar surface area (TPSA) is 52.5 Å². The van der Waals surface area contributed by atoms with E-state index in [0.29, 0.717) is 12.1 Å². The lowest BCUT2D eigenvalue weighted by atomic mass is 10.1. The van der Waals surface area contributed by atoms with Crippen molar-refractivity contribution in [1.82, 2.24) is 15.1 Å². The van der Waals surface area contributed by atoms with Gasteiger partial charge in [0.2, 0.25) is 0 Å². The number of rotatable bonds is 5. The molecule has 0 bridgehead atoms. The van der Waals surface area contributed by atoms with Crippen molar-refractivity contribution in [2.75, 3.05) is 31.1 Å². The van der Waals surface area contributed by atoms with Gasteiger partial charge in [0.25, 0.3) is 0 Å². The maximum absolute atomic E-state index is 13.1. The van der Waals surface area contributed by atoms with Crippen LogP contribution in [0.3, 0.4) is 0 Å². The minimum absolute atomic E-state index is 0.249. The largest absolute Gasteiger partial charge is 0.395 e. The molecule has 2 aliphatic heterocycles. The van der Waals surface area contributed by atoms with E-state index in [1.54, 1.807) is 12.1 Å². The van der Waals surface area contributed by atoms with Crippen LogP contribution < -0.4 is 4.90 Å². The Morgan fingerprint density at radius 2 is 1.73 bits per heavy atom. The summed E-state index contributed by atoms with van der Waals surface area (Å²) < 4.78 is 13.1. The van der Waals surface area contributed by atoms with Gasteiger partial charge in [0.1, 0.15) is 5.82 Å². The van der Waals surface area contributed by atoms with Crippen molar-refractivity contribution in [3.05, 3.63) is 42.2 Å². The van der Waals surface area contributed by atoms with Gasteiger partial charge in [-0.25, -0.2) is 4.39 Å². The monoisotopic (exact) mass is 356 g/mol. The van der Waals surface area contributed by atoms with Gasteiger partial charge in [-0.2, -0.15) is 0 Å². The fraction of sp³-hybridized carbons (Fsp3) is 0.500. The van der Waals surface area contributed by atoms with Gasteiger partial charge >= 0.3 is 0 Å². The average molecular weight is 356 g/mol. The van der Waals surface area contributed by atoms with E-state index >= 15 is 0 Å². The van der Waals surface area contributed by atoms with Gasteiger partial charge < -0.3 is 10.0 Å². The van der Waals surface area contributed by atoms with Crippen LogP contribution in [0.2, 0.25) is 0 Å². The van der Waals surface area contributed by atoms with E-state index in [-0.39, 0.29) is 12.4 Å². The second-order valence-corrected chi connectivity index (χ2v) is 7.25. The maximum Gasteiger partial charge on any atom is 0.151 e. The Morgan fingerprint density at radius 3 is 2.46 bits per heavy atom. The Bertz CT molecular complexity index is 722. The predicted octanol–water partition coefficient (Wildman–Crippen LogP) is 2.71. The lowest BCUT2D eigenvalue weighted by Gasteiger charge is -2.31. The van der Waals surface area contributed by atoms with Crippen LogP contribution in [0, 0.1) is 5.82 Å². The molecule has 4 rings (SSSR count). The molecule has 0 amide bonds. The van der Waals surface area contributed by atoms with Crippen molar-refractivity contribution in [2.45, 2.75) is 37.8 Å². The molecule has 1 N–H and O–H groups in total. The Morgan fingerprint density at radius 1 is 0.962 bits per heavy atom. The van der Waals surface area contributed by atoms with Gasteiger partial charge in [0.05, 0.1) is 12.3 Å². The van der Waals surface area contributed by atoms with Crippen LogP contribution in [0.25, 0.3) is 11.3 Å². The van der Waals surface area contributed by atoms with Crippen molar-refractivity contribution < 1.29 is 9.50 Å². The summed E-state index contributed by atoms with van der Waals surface area (Å²) in [4.78, 5) is 4.76. The zero-order valence-corrected chi connectivity index (χ0v) is 14.9. The highest BCUT2D eigenvalue weighted by atomic mass is 19.1. The van der Waals surface area contributed by atoms with Gasteiger partial charge in [-0.1, -0.05) is 0 Å². The second kappa shape index (κ2) is 7.68. The van der Waals surface area contributed by atoms with Gasteiger partial charge in [-0.3, -0.25) is 4.90 Å². The number of aliphatic hydroxyl groups is 1. The maximum atomic E-state index is 13.1. The number of hydrogen-bond donors (Lipinski definition) is 1. The molecular weight excluding hydrogens is 331 g/mol. The molecule has 2 unspecified atom stereocenters. The minimum Gasteiger partial charge on any atom is -0.395 e. The van der Waals surface area contributed by atoms with Crippen LogP contribution in [0.4, 0.5) is 10.2 Å². The highest BCUT2D eigenvalue weighted by Gasteiger charge is 2.32. The van der Waals surface area contributed by atoms with E-state index < -0.39 is 0 Å². The first-order chi connectivity index (χ1) is 12.7. The molecule has 26 heavy (non-hydrogen) atoms. The Hall–Kier alpha value is -2.05. The van der Waals surface area contributed by atoms with Gasteiger partial charge in [-0.15, -0.1) is 10.2 Å². The summed E-state index contributed by atoms with van der Waals surface area (Å²) in [5.74, 6) is 0.652. The SMILES string of the molecule is OCC1CCCN1CC1CCCN1c1ccc(-c2ccc(F)cc2)nn1. The lowest BCUT2D eigenvalue weighted by Crippen LogP contribution is -2.43. The van der Waals surface area contributed by atoms with Gasteiger partial charge in [0, 0.05) is 30.7 Å². The number of hydrogen-bond acceptors (Lipinski definition) is 5. The van der Waals surface area contributed by atoms with Gasteiger partial charge in [0.15, 0.2) is 5.82 Å². The third-order valence-electron chi connectivity index (χ3n) is 5.62. The Balaban J connectivity index is 1.46. The quantitative estimate of drug-likeness (QED) is 0.893. The second-order valence-electron chi connectivity index (χ2n) is 7.25. The number of nitrogens with zero attached hydrogens (tertiary/aromatic N) is 4. The fourth-order valence-corrected chi connectivity index (χ4v) is 4.19. The molecule has 1 aromatic carbocycles. The van der Waals surface area contributed by atoms with E-state index in [9.17, 15) is 9.50 Å². The van der Waals surface area contributed by atoms with E-state index in [0.717, 1.165) is 56.0 Å². The average Bonchev–Trinajstić information content (AvgIpc) is 3.32.